The van der Waals surface area contributed by atoms with Gasteiger partial charge in [-0.2, -0.15) is 15.3 Å². The summed E-state index contributed by atoms with van der Waals surface area (Å²) in [4.78, 5) is 123. The number of nitrogens with two attached hydrogens (primary N) is 2. The molecule has 0 unspecified atom stereocenters. The van der Waals surface area contributed by atoms with Gasteiger partial charge < -0.3 is 76.0 Å². The molecule has 6 aromatic heterocycles. The zero-order valence-corrected chi connectivity index (χ0v) is 64.4. The molecule has 0 bridgehead atoms. The molecule has 3 saturated carbocycles. The van der Waals surface area contributed by atoms with Crippen LogP contribution in [-0.4, -0.2) is 144 Å². The average molecular weight is 1550 g/mol. The van der Waals surface area contributed by atoms with Crippen LogP contribution in [0.25, 0.3) is 66.9 Å². The van der Waals surface area contributed by atoms with Crippen LogP contribution in [0.1, 0.15) is 186 Å². The standard InChI is InChI=1S/C27H33N7O4.C22H25N7O2.C14H12N6O.C13H23NO4.2ClH/c1-27(2,3)38-26(37)32-22(15-8-6-5-7-9-15)25(36)30-16-10-17-21-18(12-29-33-24(17)35)23(31-19(21)11-16)20-13-34(4)14-28-20;1-29-10-17(24-11-29)20-15-9-25-28-21(30)14-7-13(8-16(27-20)18(14)15)26-22(31)19(23)12-5-3-2-4-6-12;1-20-5-11(16-6-20)13-9-4-17-19-14(21)8-2-7(15)3-10(18-13)12(8)9;1-13(2,3)18-12(17)14-10(11(15)16)9-7-5-4-6-8-9;;/h10-15,22,31H,5-9H2,1-4H3,(H,30,36)(H,32,37)(H,33,35);7-12,19,27H,2-6,23H2,1H3,(H,26,31)(H,28,30);2-6,18H,15H2,1H3,(H,19,21);9-10H,4-8H2,1-3H3,(H,14,17)(H,15,16);2*1H/t22-;19-;;10-;;/m11.1../s1. The van der Waals surface area contributed by atoms with Crippen molar-refractivity contribution in [2.75, 3.05) is 16.4 Å². The maximum Gasteiger partial charge on any atom is 0.408 e. The molecule has 0 spiro atoms. The number of nitrogens with one attached hydrogen (secondary N) is 10. The van der Waals surface area contributed by atoms with Gasteiger partial charge in [0.05, 0.1) is 77.4 Å². The SMILES string of the molecule is CC(C)(C)OC(=O)N[C@@H](C(=O)O)C1CCCCC1.Cl.Cl.Cn1cnc(-c2[nH]c3cc(N)cc4c3c2C=NNC4=O)c1.Cn1cnc(-c2[nH]c3cc(NC(=O)[C@H](N)C4CCCCC4)cc4c3c2C=NNC4=O)c1.Cn1cnc(-c2[nH]c3cc(NC(=O)[C@H](NC(=O)OC(C)(C)C)C4CCCCC4)cc4c3c2C=NNC4=O)c1. The number of benzene rings is 3. The van der Waals surface area contributed by atoms with Crippen LogP contribution in [0.3, 0.4) is 0 Å². The molecule has 7 amide bonds. The second kappa shape index (κ2) is 34.5. The summed E-state index contributed by atoms with van der Waals surface area (Å²) in [6.45, 7) is 10.6. The summed E-state index contributed by atoms with van der Waals surface area (Å²) in [6, 6.07) is 8.23. The number of aromatic nitrogens is 9. The largest absolute Gasteiger partial charge is 0.480 e. The van der Waals surface area contributed by atoms with Crippen LogP contribution in [-0.2, 0) is 45.0 Å². The van der Waals surface area contributed by atoms with Crippen molar-refractivity contribution in [3.8, 4) is 34.2 Å². The highest BCUT2D eigenvalue weighted by atomic mass is 35.5. The smallest absolute Gasteiger partial charge is 0.408 e. The number of amides is 7. The van der Waals surface area contributed by atoms with Crippen molar-refractivity contribution in [2.24, 2.45) is 59.9 Å². The lowest BCUT2D eigenvalue weighted by Gasteiger charge is -2.31. The van der Waals surface area contributed by atoms with Gasteiger partial charge in [0.1, 0.15) is 40.4 Å². The molecule has 9 heterocycles. The maximum atomic E-state index is 13.6. The number of carbonyl (C=O) groups is 8. The number of H-pyrrole nitrogens is 3. The number of halogens is 2. The molecule has 15 rings (SSSR count). The Morgan fingerprint density at radius 2 is 0.827 bits per heavy atom. The normalized spacial score (nSPS) is 16.3. The number of aromatic amines is 3. The summed E-state index contributed by atoms with van der Waals surface area (Å²) < 4.78 is 16.1. The quantitative estimate of drug-likeness (QED) is 0.0477. The van der Waals surface area contributed by atoms with Gasteiger partial charge >= 0.3 is 18.2 Å². The molecule has 3 atom stereocenters. The molecule has 9 aromatic rings. The van der Waals surface area contributed by atoms with Crippen LogP contribution >= 0.6 is 24.8 Å². The van der Waals surface area contributed by atoms with E-state index in [1.54, 1.807) is 110 Å². The van der Waals surface area contributed by atoms with Crippen LogP contribution < -0.4 is 49.0 Å². The minimum absolute atomic E-state index is 0. The molecule has 0 saturated heterocycles. The van der Waals surface area contributed by atoms with Gasteiger partial charge in [-0.25, -0.2) is 45.6 Å². The predicted molar refractivity (Wildman–Crippen MR) is 425 cm³/mol. The number of aliphatic carboxylic acids is 1. The number of ether oxygens (including phenoxy) is 2. The number of hydrogen-bond acceptors (Lipinski definition) is 18. The lowest BCUT2D eigenvalue weighted by atomic mass is 9.83. The second-order valence-electron chi connectivity index (χ2n) is 30.3. The highest BCUT2D eigenvalue weighted by molar-refractivity contribution is 6.21. The summed E-state index contributed by atoms with van der Waals surface area (Å²) in [6.07, 6.45) is 29.5. The van der Waals surface area contributed by atoms with Gasteiger partial charge in [0, 0.05) is 106 Å². The fourth-order valence-electron chi connectivity index (χ4n) is 14.8. The fourth-order valence-corrected chi connectivity index (χ4v) is 14.8. The molecule has 0 radical (unpaired) electrons. The molecule has 32 nitrogen and oxygen atoms in total. The average Bonchev–Trinajstić information content (AvgIpc) is 1.60. The molecule has 110 heavy (non-hydrogen) atoms. The molecular weight excluding hydrogens is 1450 g/mol. The van der Waals surface area contributed by atoms with Crippen molar-refractivity contribution in [1.82, 2.24) is 70.5 Å². The Bertz CT molecular complexity index is 5030. The van der Waals surface area contributed by atoms with Crippen molar-refractivity contribution < 1.29 is 52.9 Å². The van der Waals surface area contributed by atoms with Gasteiger partial charge in [-0.05, 0) is 134 Å². The maximum absolute atomic E-state index is 13.6. The number of carboxylic acid groups (broad SMARTS) is 1. The highest BCUT2D eigenvalue weighted by Crippen LogP contribution is 2.39. The number of alkyl carbamates (subject to hydrolysis) is 2. The molecule has 3 aliphatic heterocycles. The molecule has 6 aliphatic rings. The van der Waals surface area contributed by atoms with Crippen LogP contribution in [0.15, 0.2) is 89.3 Å². The number of carbonyl (C=O) groups excluding carboxylic acids is 7. The summed E-state index contributed by atoms with van der Waals surface area (Å²) in [5.41, 5.74) is 30.2. The monoisotopic (exact) mass is 1550 g/mol. The van der Waals surface area contributed by atoms with E-state index in [2.05, 4.69) is 82.8 Å². The van der Waals surface area contributed by atoms with E-state index >= 15 is 0 Å². The van der Waals surface area contributed by atoms with Gasteiger partial charge in [-0.1, -0.05) is 57.8 Å². The van der Waals surface area contributed by atoms with E-state index < -0.39 is 47.5 Å². The van der Waals surface area contributed by atoms with E-state index in [1.807, 2.05) is 59.5 Å². The Kier molecular flexibility index (Phi) is 25.4. The summed E-state index contributed by atoms with van der Waals surface area (Å²) in [5.74, 6) is -2.33. The molecular formula is C76H95Cl2N21O11. The first-order chi connectivity index (χ1) is 51.5. The zero-order chi connectivity index (χ0) is 76.9. The van der Waals surface area contributed by atoms with Gasteiger partial charge in [0.2, 0.25) is 11.8 Å². The van der Waals surface area contributed by atoms with E-state index in [1.165, 1.54) is 6.42 Å². The van der Waals surface area contributed by atoms with Crippen molar-refractivity contribution in [2.45, 2.75) is 167 Å². The first-order valence-electron chi connectivity index (χ1n) is 36.4. The number of imidazole rings is 3. The molecule has 3 aliphatic carbocycles. The van der Waals surface area contributed by atoms with Crippen molar-refractivity contribution >= 4 is 141 Å². The van der Waals surface area contributed by atoms with E-state index in [0.717, 1.165) is 157 Å². The van der Waals surface area contributed by atoms with Gasteiger partial charge in [0.25, 0.3) is 17.7 Å². The lowest BCUT2D eigenvalue weighted by molar-refractivity contribution is -0.141. The van der Waals surface area contributed by atoms with E-state index in [-0.39, 0.29) is 72.1 Å². The van der Waals surface area contributed by atoms with Crippen molar-refractivity contribution in [3.05, 3.63) is 107 Å². The number of rotatable bonds is 13. The topological polar surface area (TPSA) is 449 Å². The number of hydrazone groups is 3. The van der Waals surface area contributed by atoms with Crippen LogP contribution in [0.5, 0.6) is 0 Å². The van der Waals surface area contributed by atoms with Crippen LogP contribution in [0.4, 0.5) is 26.7 Å². The Morgan fingerprint density at radius 3 is 1.18 bits per heavy atom. The predicted octanol–water partition coefficient (Wildman–Crippen LogP) is 11.2. The lowest BCUT2D eigenvalue weighted by Crippen LogP contribution is -2.50. The zero-order valence-electron chi connectivity index (χ0n) is 62.8. The Hall–Kier alpha value is -11.4. The number of aryl methyl sites for hydroxylation is 3. The third kappa shape index (κ3) is 19.0. The summed E-state index contributed by atoms with van der Waals surface area (Å²) in [5, 5.41) is 34.7. The van der Waals surface area contributed by atoms with Gasteiger partial charge in [-0.15, -0.1) is 24.8 Å². The molecule has 15 N–H and O–H groups in total. The van der Waals surface area contributed by atoms with E-state index in [0.29, 0.717) is 50.3 Å². The third-order valence-electron chi connectivity index (χ3n) is 19.7. The number of nitrogens with zero attached hydrogens (tertiary/aromatic N) is 9. The van der Waals surface area contributed by atoms with Crippen molar-refractivity contribution in [1.29, 1.82) is 0 Å². The number of anilines is 3. The van der Waals surface area contributed by atoms with Crippen LogP contribution in [0.2, 0.25) is 0 Å². The number of carboxylic acids is 1. The minimum Gasteiger partial charge on any atom is -0.480 e. The van der Waals surface area contributed by atoms with Crippen molar-refractivity contribution in [3.63, 3.8) is 0 Å². The highest BCUT2D eigenvalue weighted by Gasteiger charge is 2.36. The summed E-state index contributed by atoms with van der Waals surface area (Å²) in [7, 11) is 5.67. The first-order valence-corrected chi connectivity index (χ1v) is 36.4. The second-order valence-corrected chi connectivity index (χ2v) is 30.3. The van der Waals surface area contributed by atoms with Gasteiger partial charge in [-0.3, -0.25) is 24.0 Å². The Balaban J connectivity index is 0.000000161. The Labute approximate surface area is 646 Å². The van der Waals surface area contributed by atoms with Crippen LogP contribution in [0, 0.1) is 17.8 Å². The van der Waals surface area contributed by atoms with Gasteiger partial charge in [0.15, 0.2) is 0 Å². The minimum atomic E-state index is -0.979. The molecule has 3 aromatic carbocycles. The molecule has 34 heteroatoms. The van der Waals surface area contributed by atoms with E-state index in [4.69, 9.17) is 20.9 Å². The van der Waals surface area contributed by atoms with E-state index in [9.17, 15) is 43.5 Å². The number of hydrogen-bond donors (Lipinski definition) is 13. The number of nitrogen functional groups attached to an aromatic ring is 1. The first kappa shape index (κ1) is 81.1. The Morgan fingerprint density at radius 1 is 0.491 bits per heavy atom. The molecule has 584 valence electrons. The third-order valence-corrected chi connectivity index (χ3v) is 19.7. The summed E-state index contributed by atoms with van der Waals surface area (Å²) >= 11 is 0. The fraction of sp³-hybridized carbons (Fsp3) is 0.421. The molecule has 3 fully saturated rings.